The maximum atomic E-state index is 6.72. The highest BCUT2D eigenvalue weighted by Crippen LogP contribution is 2.45. The second-order valence-corrected chi connectivity index (χ2v) is 5.49. The van der Waals surface area contributed by atoms with E-state index in [1.165, 1.54) is 6.42 Å². The summed E-state index contributed by atoms with van der Waals surface area (Å²) in [5.41, 5.74) is 8.53. The first-order chi connectivity index (χ1) is 9.66. The van der Waals surface area contributed by atoms with Gasteiger partial charge in [0, 0.05) is 18.2 Å². The van der Waals surface area contributed by atoms with Crippen molar-refractivity contribution in [2.45, 2.75) is 44.2 Å². The van der Waals surface area contributed by atoms with Crippen LogP contribution in [0.1, 0.15) is 43.2 Å². The van der Waals surface area contributed by atoms with E-state index in [0.29, 0.717) is 6.61 Å². The van der Waals surface area contributed by atoms with Gasteiger partial charge in [-0.15, -0.1) is 0 Å². The highest BCUT2D eigenvalue weighted by atomic mass is 16.5. The van der Waals surface area contributed by atoms with Gasteiger partial charge in [-0.25, -0.2) is 0 Å². The van der Waals surface area contributed by atoms with E-state index in [1.54, 1.807) is 21.3 Å². The zero-order valence-electron chi connectivity index (χ0n) is 12.7. The van der Waals surface area contributed by atoms with E-state index in [2.05, 4.69) is 0 Å². The molecule has 0 saturated heterocycles. The van der Waals surface area contributed by atoms with Crippen molar-refractivity contribution >= 4 is 0 Å². The Morgan fingerprint density at radius 3 is 2.30 bits per heavy atom. The number of rotatable bonds is 5. The van der Waals surface area contributed by atoms with Crippen molar-refractivity contribution in [1.82, 2.24) is 0 Å². The van der Waals surface area contributed by atoms with Crippen LogP contribution in [0.5, 0.6) is 11.5 Å². The third-order valence-corrected chi connectivity index (χ3v) is 4.18. The Balaban J connectivity index is 2.56. The molecule has 20 heavy (non-hydrogen) atoms. The minimum atomic E-state index is -0.341. The van der Waals surface area contributed by atoms with Crippen LogP contribution in [0.3, 0.4) is 0 Å². The van der Waals surface area contributed by atoms with Crippen molar-refractivity contribution in [1.29, 1.82) is 0 Å². The summed E-state index contributed by atoms with van der Waals surface area (Å²) in [6, 6.07) is 3.95. The van der Waals surface area contributed by atoms with E-state index in [4.69, 9.17) is 19.9 Å². The number of hydrogen-bond acceptors (Lipinski definition) is 4. The number of methoxy groups -OCH3 is 3. The summed E-state index contributed by atoms with van der Waals surface area (Å²) in [5.74, 6) is 1.49. The van der Waals surface area contributed by atoms with Gasteiger partial charge in [-0.3, -0.25) is 0 Å². The molecule has 1 saturated carbocycles. The minimum absolute atomic E-state index is 0.341. The Morgan fingerprint density at radius 2 is 1.75 bits per heavy atom. The van der Waals surface area contributed by atoms with E-state index in [1.807, 2.05) is 12.1 Å². The zero-order valence-corrected chi connectivity index (χ0v) is 12.7. The molecule has 0 bridgehead atoms. The molecule has 0 heterocycles. The molecule has 0 atom stereocenters. The second kappa shape index (κ2) is 6.46. The van der Waals surface area contributed by atoms with E-state index >= 15 is 0 Å². The molecule has 1 aromatic carbocycles. The molecule has 4 heteroatoms. The summed E-state index contributed by atoms with van der Waals surface area (Å²) >= 11 is 0. The molecular formula is C16H25NO3. The lowest BCUT2D eigenvalue weighted by Crippen LogP contribution is -2.40. The van der Waals surface area contributed by atoms with Gasteiger partial charge >= 0.3 is 0 Å². The number of nitrogens with two attached hydrogens (primary N) is 1. The fourth-order valence-corrected chi connectivity index (χ4v) is 3.22. The van der Waals surface area contributed by atoms with Crippen LogP contribution >= 0.6 is 0 Å². The van der Waals surface area contributed by atoms with Crippen molar-refractivity contribution in [3.05, 3.63) is 23.3 Å². The lowest BCUT2D eigenvalue weighted by Gasteiger charge is -2.36. The largest absolute Gasteiger partial charge is 0.493 e. The molecule has 4 nitrogen and oxygen atoms in total. The van der Waals surface area contributed by atoms with Crippen molar-refractivity contribution < 1.29 is 14.2 Å². The van der Waals surface area contributed by atoms with Crippen LogP contribution in [0.2, 0.25) is 0 Å². The number of hydrogen-bond donors (Lipinski definition) is 1. The van der Waals surface area contributed by atoms with Crippen LogP contribution in [0.25, 0.3) is 0 Å². The highest BCUT2D eigenvalue weighted by Gasteiger charge is 2.35. The Hall–Kier alpha value is -1.26. The maximum Gasteiger partial charge on any atom is 0.166 e. The first-order valence-electron chi connectivity index (χ1n) is 7.18. The van der Waals surface area contributed by atoms with E-state index in [9.17, 15) is 0 Å². The van der Waals surface area contributed by atoms with Gasteiger partial charge in [-0.1, -0.05) is 25.3 Å². The molecule has 2 rings (SSSR count). The Bertz CT molecular complexity index is 453. The molecule has 1 aromatic rings. The summed E-state index contributed by atoms with van der Waals surface area (Å²) in [6.45, 7) is 0.536. The lowest BCUT2D eigenvalue weighted by atomic mass is 9.75. The van der Waals surface area contributed by atoms with Crippen LogP contribution in [-0.2, 0) is 16.9 Å². The van der Waals surface area contributed by atoms with Crippen molar-refractivity contribution in [3.63, 3.8) is 0 Å². The van der Waals surface area contributed by atoms with Gasteiger partial charge in [0.15, 0.2) is 11.5 Å². The molecule has 1 aliphatic carbocycles. The first kappa shape index (κ1) is 15.1. The van der Waals surface area contributed by atoms with E-state index < -0.39 is 0 Å². The van der Waals surface area contributed by atoms with Crippen LogP contribution in [0, 0.1) is 0 Å². The molecule has 112 valence electrons. The average molecular weight is 279 g/mol. The standard InChI is InChI=1S/C16H25NO3/c1-18-11-12-7-8-13(19-2)15(20-3)14(12)16(17)9-5-4-6-10-16/h7-8H,4-6,9-11,17H2,1-3H3. The molecule has 0 radical (unpaired) electrons. The zero-order chi connectivity index (χ0) is 14.6. The SMILES string of the molecule is COCc1ccc(OC)c(OC)c1C1(N)CCCCC1. The summed E-state index contributed by atoms with van der Waals surface area (Å²) in [4.78, 5) is 0. The topological polar surface area (TPSA) is 53.7 Å². The van der Waals surface area contributed by atoms with E-state index in [0.717, 1.165) is 48.3 Å². The maximum absolute atomic E-state index is 6.72. The summed E-state index contributed by atoms with van der Waals surface area (Å²) in [7, 11) is 5.02. The molecule has 1 aliphatic rings. The van der Waals surface area contributed by atoms with E-state index in [-0.39, 0.29) is 5.54 Å². The lowest BCUT2D eigenvalue weighted by molar-refractivity contribution is 0.179. The Labute approximate surface area is 121 Å². The monoisotopic (exact) mass is 279 g/mol. The quantitative estimate of drug-likeness (QED) is 0.900. The molecule has 2 N–H and O–H groups in total. The number of ether oxygens (including phenoxy) is 3. The van der Waals surface area contributed by atoms with Crippen LogP contribution in [-0.4, -0.2) is 21.3 Å². The summed E-state index contributed by atoms with van der Waals surface area (Å²) < 4.78 is 16.4. The second-order valence-electron chi connectivity index (χ2n) is 5.49. The van der Waals surface area contributed by atoms with Gasteiger partial charge < -0.3 is 19.9 Å². The van der Waals surface area contributed by atoms with Gasteiger partial charge in [0.25, 0.3) is 0 Å². The van der Waals surface area contributed by atoms with Gasteiger partial charge in [0.05, 0.1) is 20.8 Å². The van der Waals surface area contributed by atoms with Crippen molar-refractivity contribution in [2.75, 3.05) is 21.3 Å². The molecule has 0 unspecified atom stereocenters. The predicted molar refractivity (Wildman–Crippen MR) is 79.2 cm³/mol. The summed E-state index contributed by atoms with van der Waals surface area (Å²) in [5, 5.41) is 0. The molecule has 0 aromatic heterocycles. The molecule has 0 aliphatic heterocycles. The molecular weight excluding hydrogens is 254 g/mol. The fraction of sp³-hybridized carbons (Fsp3) is 0.625. The molecule has 1 fully saturated rings. The van der Waals surface area contributed by atoms with Crippen molar-refractivity contribution in [2.24, 2.45) is 5.73 Å². The van der Waals surface area contributed by atoms with Crippen LogP contribution in [0.4, 0.5) is 0 Å². The normalized spacial score (nSPS) is 17.8. The predicted octanol–water partition coefficient (Wildman–Crippen LogP) is 2.97. The third-order valence-electron chi connectivity index (χ3n) is 4.18. The first-order valence-corrected chi connectivity index (χ1v) is 7.18. The van der Waals surface area contributed by atoms with Crippen LogP contribution in [0.15, 0.2) is 12.1 Å². The van der Waals surface area contributed by atoms with Gasteiger partial charge in [-0.2, -0.15) is 0 Å². The van der Waals surface area contributed by atoms with Gasteiger partial charge in [-0.05, 0) is 24.5 Å². The Morgan fingerprint density at radius 1 is 1.05 bits per heavy atom. The fourth-order valence-electron chi connectivity index (χ4n) is 3.22. The minimum Gasteiger partial charge on any atom is -0.493 e. The smallest absolute Gasteiger partial charge is 0.166 e. The van der Waals surface area contributed by atoms with Gasteiger partial charge in [0.2, 0.25) is 0 Å². The average Bonchev–Trinajstić information content (AvgIpc) is 2.47. The molecule has 0 amide bonds. The third kappa shape index (κ3) is 2.76. The van der Waals surface area contributed by atoms with Crippen LogP contribution < -0.4 is 15.2 Å². The summed E-state index contributed by atoms with van der Waals surface area (Å²) in [6.07, 6.45) is 5.53. The van der Waals surface area contributed by atoms with Crippen molar-refractivity contribution in [3.8, 4) is 11.5 Å². The molecule has 0 spiro atoms. The highest BCUT2D eigenvalue weighted by molar-refractivity contribution is 5.54. The van der Waals surface area contributed by atoms with Gasteiger partial charge in [0.1, 0.15) is 0 Å². The number of benzene rings is 1. The Kier molecular flexibility index (Phi) is 4.89.